The summed E-state index contributed by atoms with van der Waals surface area (Å²) < 4.78 is 2.37. The number of aryl methyl sites for hydroxylation is 2. The van der Waals surface area contributed by atoms with E-state index in [1.54, 1.807) is 0 Å². The van der Waals surface area contributed by atoms with Crippen LogP contribution in [-0.2, 0) is 13.1 Å². The van der Waals surface area contributed by atoms with E-state index >= 15 is 0 Å². The average Bonchev–Trinajstić information content (AvgIpc) is 2.88. The fourth-order valence-electron chi connectivity index (χ4n) is 3.07. The van der Waals surface area contributed by atoms with Crippen molar-refractivity contribution in [3.8, 4) is 0 Å². The van der Waals surface area contributed by atoms with Crippen LogP contribution in [0.1, 0.15) is 22.3 Å². The number of hydrogen-bond acceptors (Lipinski definition) is 1. The van der Waals surface area contributed by atoms with Gasteiger partial charge in [-0.25, -0.2) is 0 Å². The van der Waals surface area contributed by atoms with Gasteiger partial charge in [0.05, 0.1) is 5.52 Å². The molecule has 0 radical (unpaired) electrons. The molecule has 0 spiro atoms. The number of benzene rings is 2. The van der Waals surface area contributed by atoms with E-state index in [2.05, 4.69) is 72.4 Å². The zero-order chi connectivity index (χ0) is 14.8. The van der Waals surface area contributed by atoms with Crippen molar-refractivity contribution < 1.29 is 0 Å². The van der Waals surface area contributed by atoms with Crippen molar-refractivity contribution in [1.82, 2.24) is 9.88 Å². The Bertz CT molecular complexity index is 748. The van der Waals surface area contributed by atoms with Crippen molar-refractivity contribution in [2.45, 2.75) is 26.9 Å². The molecule has 108 valence electrons. The van der Waals surface area contributed by atoms with Crippen LogP contribution in [0.2, 0.25) is 0 Å². The molecule has 0 atom stereocenters. The van der Waals surface area contributed by atoms with Crippen LogP contribution in [0, 0.1) is 13.8 Å². The second-order valence-corrected chi connectivity index (χ2v) is 5.70. The van der Waals surface area contributed by atoms with Gasteiger partial charge in [0.1, 0.15) is 0 Å². The van der Waals surface area contributed by atoms with E-state index < -0.39 is 0 Å². The Morgan fingerprint density at radius 2 is 1.67 bits per heavy atom. The van der Waals surface area contributed by atoms with Crippen LogP contribution >= 0.6 is 0 Å². The smallest absolute Gasteiger partial charge is 0.0529 e. The van der Waals surface area contributed by atoms with Crippen LogP contribution in [0.4, 0.5) is 0 Å². The van der Waals surface area contributed by atoms with E-state index in [0.29, 0.717) is 0 Å². The fraction of sp³-hybridized carbons (Fsp3) is 0.263. The topological polar surface area (TPSA) is 17.0 Å². The number of rotatable bonds is 4. The number of nitrogens with one attached hydrogen (secondary N) is 1. The van der Waals surface area contributed by atoms with Gasteiger partial charge in [0.2, 0.25) is 0 Å². The molecule has 3 aromatic rings. The molecule has 0 aliphatic rings. The molecule has 3 rings (SSSR count). The average molecular weight is 278 g/mol. The Morgan fingerprint density at radius 1 is 0.952 bits per heavy atom. The van der Waals surface area contributed by atoms with Crippen LogP contribution in [0.3, 0.4) is 0 Å². The first kappa shape index (κ1) is 13.9. The molecule has 2 nitrogen and oxygen atoms in total. The third kappa shape index (κ3) is 2.59. The number of fused-ring (bicyclic) bond motifs is 1. The lowest BCUT2D eigenvalue weighted by molar-refractivity contribution is 0.791. The van der Waals surface area contributed by atoms with Crippen molar-refractivity contribution >= 4 is 10.9 Å². The second-order valence-electron chi connectivity index (χ2n) is 5.70. The van der Waals surface area contributed by atoms with E-state index in [9.17, 15) is 0 Å². The first-order valence-electron chi connectivity index (χ1n) is 7.47. The largest absolute Gasteiger partial charge is 0.343 e. The summed E-state index contributed by atoms with van der Waals surface area (Å²) >= 11 is 0. The molecule has 0 aliphatic carbocycles. The minimum atomic E-state index is 0.897. The summed E-state index contributed by atoms with van der Waals surface area (Å²) in [6, 6.07) is 15.3. The lowest BCUT2D eigenvalue weighted by Gasteiger charge is -2.14. The number of nitrogens with zero attached hydrogens (tertiary/aromatic N) is 1. The molecule has 0 fully saturated rings. The quantitative estimate of drug-likeness (QED) is 0.762. The zero-order valence-corrected chi connectivity index (χ0v) is 13.0. The van der Waals surface area contributed by atoms with E-state index in [4.69, 9.17) is 0 Å². The van der Waals surface area contributed by atoms with Crippen molar-refractivity contribution in [2.75, 3.05) is 7.05 Å². The Hall–Kier alpha value is -2.06. The third-order valence-electron chi connectivity index (χ3n) is 4.21. The summed E-state index contributed by atoms with van der Waals surface area (Å²) in [5.41, 5.74) is 6.85. The lowest BCUT2D eigenvalue weighted by Crippen LogP contribution is -2.08. The van der Waals surface area contributed by atoms with Crippen molar-refractivity contribution in [2.24, 2.45) is 0 Å². The molecule has 1 heterocycles. The monoisotopic (exact) mass is 278 g/mol. The van der Waals surface area contributed by atoms with Gasteiger partial charge in [-0.15, -0.1) is 0 Å². The van der Waals surface area contributed by atoms with Crippen LogP contribution in [0.15, 0.2) is 48.7 Å². The first-order chi connectivity index (χ1) is 10.2. The molecule has 0 aliphatic heterocycles. The SMILES string of the molecule is CNCc1cccc2ccn(Cc3c(C)cccc3C)c12. The van der Waals surface area contributed by atoms with Gasteiger partial charge in [-0.2, -0.15) is 0 Å². The minimum absolute atomic E-state index is 0.897. The molecule has 2 aromatic carbocycles. The van der Waals surface area contributed by atoms with Crippen molar-refractivity contribution in [3.63, 3.8) is 0 Å². The summed E-state index contributed by atoms with van der Waals surface area (Å²) in [5.74, 6) is 0. The first-order valence-corrected chi connectivity index (χ1v) is 7.47. The summed E-state index contributed by atoms with van der Waals surface area (Å²) in [7, 11) is 2.00. The second kappa shape index (κ2) is 5.74. The Balaban J connectivity index is 2.09. The summed E-state index contributed by atoms with van der Waals surface area (Å²) in [5, 5.41) is 4.58. The van der Waals surface area contributed by atoms with Crippen LogP contribution < -0.4 is 5.32 Å². The molecule has 2 heteroatoms. The molecular weight excluding hydrogens is 256 g/mol. The standard InChI is InChI=1S/C19H22N2/c1-14-6-4-7-15(2)18(14)13-21-11-10-16-8-5-9-17(12-20-3)19(16)21/h4-11,20H,12-13H2,1-3H3. The van der Waals surface area contributed by atoms with Gasteiger partial charge in [0.15, 0.2) is 0 Å². The maximum atomic E-state index is 3.27. The summed E-state index contributed by atoms with van der Waals surface area (Å²) in [6.45, 7) is 6.22. The van der Waals surface area contributed by atoms with E-state index in [1.165, 1.54) is 33.2 Å². The normalized spacial score (nSPS) is 11.2. The summed E-state index contributed by atoms with van der Waals surface area (Å²) in [6.07, 6.45) is 2.20. The van der Waals surface area contributed by atoms with Crippen LogP contribution in [0.5, 0.6) is 0 Å². The number of hydrogen-bond donors (Lipinski definition) is 1. The Morgan fingerprint density at radius 3 is 2.38 bits per heavy atom. The Kier molecular flexibility index (Phi) is 3.80. The summed E-state index contributed by atoms with van der Waals surface area (Å²) in [4.78, 5) is 0. The highest BCUT2D eigenvalue weighted by Crippen LogP contribution is 2.23. The third-order valence-corrected chi connectivity index (χ3v) is 4.21. The molecule has 0 bridgehead atoms. The Labute approximate surface area is 126 Å². The maximum Gasteiger partial charge on any atom is 0.0529 e. The lowest BCUT2D eigenvalue weighted by atomic mass is 10.0. The zero-order valence-electron chi connectivity index (χ0n) is 13.0. The molecule has 1 N–H and O–H groups in total. The van der Waals surface area contributed by atoms with E-state index in [1.807, 2.05) is 7.05 Å². The predicted molar refractivity (Wildman–Crippen MR) is 89.7 cm³/mol. The van der Waals surface area contributed by atoms with Gasteiger partial charge < -0.3 is 9.88 Å². The van der Waals surface area contributed by atoms with Crippen LogP contribution in [-0.4, -0.2) is 11.6 Å². The van der Waals surface area contributed by atoms with Gasteiger partial charge in [0, 0.05) is 19.3 Å². The minimum Gasteiger partial charge on any atom is -0.343 e. The molecule has 0 unspecified atom stereocenters. The highest BCUT2D eigenvalue weighted by molar-refractivity contribution is 5.83. The van der Waals surface area contributed by atoms with E-state index in [-0.39, 0.29) is 0 Å². The van der Waals surface area contributed by atoms with Gasteiger partial charge in [-0.3, -0.25) is 0 Å². The molecule has 21 heavy (non-hydrogen) atoms. The van der Waals surface area contributed by atoms with Crippen molar-refractivity contribution in [3.05, 3.63) is 70.9 Å². The molecule has 0 saturated carbocycles. The van der Waals surface area contributed by atoms with Gasteiger partial charge in [0.25, 0.3) is 0 Å². The fourth-order valence-corrected chi connectivity index (χ4v) is 3.07. The number of para-hydroxylation sites is 1. The molecule has 0 amide bonds. The molecule has 0 saturated heterocycles. The predicted octanol–water partition coefficient (Wildman–Crippen LogP) is 4.03. The van der Waals surface area contributed by atoms with Gasteiger partial charge >= 0.3 is 0 Å². The highest BCUT2D eigenvalue weighted by atomic mass is 15.0. The van der Waals surface area contributed by atoms with Gasteiger partial charge in [-0.05, 0) is 54.6 Å². The highest BCUT2D eigenvalue weighted by Gasteiger charge is 2.09. The number of aromatic nitrogens is 1. The maximum absolute atomic E-state index is 3.27. The van der Waals surface area contributed by atoms with E-state index in [0.717, 1.165) is 13.1 Å². The molecule has 1 aromatic heterocycles. The van der Waals surface area contributed by atoms with Gasteiger partial charge in [-0.1, -0.05) is 36.4 Å². The van der Waals surface area contributed by atoms with Crippen LogP contribution in [0.25, 0.3) is 10.9 Å². The molecular formula is C19H22N2. The van der Waals surface area contributed by atoms with Crippen molar-refractivity contribution in [1.29, 1.82) is 0 Å².